The highest BCUT2D eigenvalue weighted by Crippen LogP contribution is 2.39. The molecule has 0 unspecified atom stereocenters. The lowest BCUT2D eigenvalue weighted by atomic mass is 10.0. The van der Waals surface area contributed by atoms with Gasteiger partial charge < -0.3 is 16.0 Å². The summed E-state index contributed by atoms with van der Waals surface area (Å²) in [7, 11) is 0. The van der Waals surface area contributed by atoms with Crippen LogP contribution in [-0.4, -0.2) is 25.1 Å². The van der Waals surface area contributed by atoms with E-state index >= 15 is 0 Å². The Morgan fingerprint density at radius 2 is 2.15 bits per heavy atom. The molecule has 0 bridgehead atoms. The minimum absolute atomic E-state index is 0.220. The number of aromatic amines is 2. The fourth-order valence-electron chi connectivity index (χ4n) is 3.35. The molecule has 4 aromatic rings. The first-order valence-electron chi connectivity index (χ1n) is 8.85. The quantitative estimate of drug-likeness (QED) is 0.417. The molecule has 7 nitrogen and oxygen atoms in total. The Labute approximate surface area is 160 Å². The van der Waals surface area contributed by atoms with Gasteiger partial charge in [0.15, 0.2) is 5.82 Å². The number of nitrogen functional groups attached to an aromatic ring is 1. The van der Waals surface area contributed by atoms with Gasteiger partial charge in [0.1, 0.15) is 5.82 Å². The van der Waals surface area contributed by atoms with Crippen molar-refractivity contribution in [3.05, 3.63) is 58.5 Å². The highest BCUT2D eigenvalue weighted by molar-refractivity contribution is 6.35. The van der Waals surface area contributed by atoms with Crippen molar-refractivity contribution in [3.8, 4) is 0 Å². The van der Waals surface area contributed by atoms with Crippen LogP contribution >= 0.6 is 11.6 Å². The molecule has 3 heterocycles. The monoisotopic (exact) mass is 379 g/mol. The first-order chi connectivity index (χ1) is 13.2. The second-order valence-corrected chi connectivity index (χ2v) is 7.27. The molecule has 5 N–H and O–H groups in total. The first-order valence-corrected chi connectivity index (χ1v) is 9.23. The fourth-order valence-corrected chi connectivity index (χ4v) is 3.63. The van der Waals surface area contributed by atoms with Gasteiger partial charge in [0.2, 0.25) is 5.95 Å². The maximum atomic E-state index is 6.36. The minimum atomic E-state index is 0.220. The SMILES string of the molecule is Nc1ncc(Cc2cccc3[nH]cc(Cl)c23)c(Nc2cc(C3CC3)[nH]n2)n1. The number of hydrogen-bond acceptors (Lipinski definition) is 5. The zero-order valence-corrected chi connectivity index (χ0v) is 15.2. The molecule has 1 aromatic carbocycles. The molecule has 1 aliphatic rings. The summed E-state index contributed by atoms with van der Waals surface area (Å²) in [5.74, 6) is 2.21. The van der Waals surface area contributed by atoms with Gasteiger partial charge in [-0.2, -0.15) is 10.1 Å². The second kappa shape index (κ2) is 6.28. The van der Waals surface area contributed by atoms with Crippen molar-refractivity contribution in [1.29, 1.82) is 0 Å². The van der Waals surface area contributed by atoms with Gasteiger partial charge in [0.05, 0.1) is 5.02 Å². The van der Waals surface area contributed by atoms with Crippen molar-refractivity contribution in [1.82, 2.24) is 25.1 Å². The Morgan fingerprint density at radius 1 is 1.26 bits per heavy atom. The van der Waals surface area contributed by atoms with E-state index in [1.54, 1.807) is 12.4 Å². The largest absolute Gasteiger partial charge is 0.368 e. The Balaban J connectivity index is 1.49. The second-order valence-electron chi connectivity index (χ2n) is 6.86. The lowest BCUT2D eigenvalue weighted by Gasteiger charge is -2.10. The molecule has 136 valence electrons. The number of hydrogen-bond donors (Lipinski definition) is 4. The summed E-state index contributed by atoms with van der Waals surface area (Å²) in [5.41, 5.74) is 10.00. The van der Waals surface area contributed by atoms with E-state index in [-0.39, 0.29) is 5.95 Å². The first kappa shape index (κ1) is 16.1. The zero-order chi connectivity index (χ0) is 18.4. The van der Waals surface area contributed by atoms with Crippen molar-refractivity contribution in [2.75, 3.05) is 11.1 Å². The third-order valence-corrected chi connectivity index (χ3v) is 5.17. The Morgan fingerprint density at radius 3 is 3.00 bits per heavy atom. The molecule has 0 spiro atoms. The number of anilines is 3. The molecule has 0 saturated heterocycles. The standard InChI is InChI=1S/C19H18ClN7/c20-13-9-22-14-3-1-2-11(17(13)14)6-12-8-23-19(21)25-18(12)24-16-7-15(26-27-16)10-4-5-10/h1-3,7-10,22H,4-6H2,(H4,21,23,24,25,26,27). The van der Waals surface area contributed by atoms with Gasteiger partial charge in [-0.3, -0.25) is 5.10 Å². The van der Waals surface area contributed by atoms with Gasteiger partial charge in [0, 0.05) is 53.0 Å². The molecular weight excluding hydrogens is 362 g/mol. The number of H-pyrrole nitrogens is 2. The zero-order valence-electron chi connectivity index (χ0n) is 14.5. The van der Waals surface area contributed by atoms with Crippen LogP contribution in [0.2, 0.25) is 5.02 Å². The Kier molecular flexibility index (Phi) is 3.75. The number of rotatable bonds is 5. The van der Waals surface area contributed by atoms with Gasteiger partial charge in [0.25, 0.3) is 0 Å². The summed E-state index contributed by atoms with van der Waals surface area (Å²) in [4.78, 5) is 11.7. The molecule has 0 amide bonds. The van der Waals surface area contributed by atoms with Crippen LogP contribution < -0.4 is 11.1 Å². The van der Waals surface area contributed by atoms with Crippen LogP contribution in [0.15, 0.2) is 36.7 Å². The van der Waals surface area contributed by atoms with Crippen molar-refractivity contribution in [2.45, 2.75) is 25.2 Å². The van der Waals surface area contributed by atoms with Crippen molar-refractivity contribution < 1.29 is 0 Å². The van der Waals surface area contributed by atoms with Gasteiger partial charge in [-0.05, 0) is 24.5 Å². The highest BCUT2D eigenvalue weighted by atomic mass is 35.5. The number of halogens is 1. The van der Waals surface area contributed by atoms with Crippen LogP contribution in [0.25, 0.3) is 10.9 Å². The molecule has 0 aliphatic heterocycles. The number of benzene rings is 1. The molecular formula is C19H18ClN7. The molecule has 3 aromatic heterocycles. The van der Waals surface area contributed by atoms with Crippen LogP contribution in [0.3, 0.4) is 0 Å². The number of fused-ring (bicyclic) bond motifs is 1. The predicted molar refractivity (Wildman–Crippen MR) is 106 cm³/mol. The summed E-state index contributed by atoms with van der Waals surface area (Å²) >= 11 is 6.36. The van der Waals surface area contributed by atoms with Crippen LogP contribution in [-0.2, 0) is 6.42 Å². The molecule has 0 radical (unpaired) electrons. The summed E-state index contributed by atoms with van der Waals surface area (Å²) in [6.45, 7) is 0. The Hall–Kier alpha value is -3.06. The maximum Gasteiger partial charge on any atom is 0.221 e. The van der Waals surface area contributed by atoms with E-state index in [1.165, 1.54) is 12.8 Å². The fraction of sp³-hybridized carbons (Fsp3) is 0.211. The lowest BCUT2D eigenvalue weighted by molar-refractivity contribution is 0.965. The third-order valence-electron chi connectivity index (χ3n) is 4.87. The smallest absolute Gasteiger partial charge is 0.221 e. The molecule has 5 rings (SSSR count). The topological polar surface area (TPSA) is 108 Å². The van der Waals surface area contributed by atoms with Crippen LogP contribution in [0.4, 0.5) is 17.6 Å². The normalized spacial score (nSPS) is 14.0. The van der Waals surface area contributed by atoms with Crippen LogP contribution in [0.5, 0.6) is 0 Å². The van der Waals surface area contributed by atoms with Crippen molar-refractivity contribution >= 4 is 40.1 Å². The summed E-state index contributed by atoms with van der Waals surface area (Å²) in [5, 5.41) is 12.4. The number of nitrogens with two attached hydrogens (primary N) is 1. The predicted octanol–water partition coefficient (Wildman–Crippen LogP) is 4.13. The summed E-state index contributed by atoms with van der Waals surface area (Å²) in [6.07, 6.45) is 6.61. The number of nitrogens with zero attached hydrogens (tertiary/aromatic N) is 3. The van der Waals surface area contributed by atoms with Crippen LogP contribution in [0, 0.1) is 0 Å². The average Bonchev–Trinajstić information content (AvgIpc) is 3.29. The van der Waals surface area contributed by atoms with Gasteiger partial charge in [-0.15, -0.1) is 0 Å². The van der Waals surface area contributed by atoms with Crippen LogP contribution in [0.1, 0.15) is 35.6 Å². The van der Waals surface area contributed by atoms with E-state index in [0.717, 1.165) is 33.5 Å². The average molecular weight is 380 g/mol. The number of aromatic nitrogens is 5. The maximum absolute atomic E-state index is 6.36. The van der Waals surface area contributed by atoms with E-state index in [4.69, 9.17) is 17.3 Å². The van der Waals surface area contributed by atoms with Gasteiger partial charge >= 0.3 is 0 Å². The van der Waals surface area contributed by atoms with E-state index < -0.39 is 0 Å². The molecule has 1 aliphatic carbocycles. The number of nitrogens with one attached hydrogen (secondary N) is 3. The summed E-state index contributed by atoms with van der Waals surface area (Å²) < 4.78 is 0. The molecule has 8 heteroatoms. The van der Waals surface area contributed by atoms with E-state index in [0.29, 0.717) is 23.2 Å². The molecule has 0 atom stereocenters. The van der Waals surface area contributed by atoms with Gasteiger partial charge in [-0.1, -0.05) is 23.7 Å². The van der Waals surface area contributed by atoms with Crippen molar-refractivity contribution in [3.63, 3.8) is 0 Å². The third kappa shape index (κ3) is 3.10. The van der Waals surface area contributed by atoms with Crippen molar-refractivity contribution in [2.24, 2.45) is 0 Å². The lowest BCUT2D eigenvalue weighted by Crippen LogP contribution is -2.05. The molecule has 1 fully saturated rings. The van der Waals surface area contributed by atoms with E-state index in [9.17, 15) is 0 Å². The Bertz CT molecular complexity index is 1130. The van der Waals surface area contributed by atoms with E-state index in [1.807, 2.05) is 18.2 Å². The minimum Gasteiger partial charge on any atom is -0.368 e. The molecule has 1 saturated carbocycles. The van der Waals surface area contributed by atoms with Gasteiger partial charge in [-0.25, -0.2) is 4.98 Å². The molecule has 27 heavy (non-hydrogen) atoms. The van der Waals surface area contributed by atoms with E-state index in [2.05, 4.69) is 36.5 Å². The highest BCUT2D eigenvalue weighted by Gasteiger charge is 2.25. The summed E-state index contributed by atoms with van der Waals surface area (Å²) in [6, 6.07) is 8.10.